The van der Waals surface area contributed by atoms with Crippen LogP contribution in [-0.4, -0.2) is 79.2 Å². The number of benzene rings is 1. The van der Waals surface area contributed by atoms with E-state index < -0.39 is 18.5 Å². The first-order valence-electron chi connectivity index (χ1n) is 14.0. The number of piperidine rings is 1. The van der Waals surface area contributed by atoms with E-state index in [4.69, 9.17) is 4.74 Å². The van der Waals surface area contributed by atoms with Gasteiger partial charge >= 0.3 is 6.18 Å². The van der Waals surface area contributed by atoms with Gasteiger partial charge in [-0.2, -0.15) is 13.2 Å². The quantitative estimate of drug-likeness (QED) is 0.211. The number of hydrogen-bond acceptors (Lipinski definition) is 7. The molecule has 4 N–H and O–H groups in total. The van der Waals surface area contributed by atoms with Crippen molar-refractivity contribution in [1.82, 2.24) is 19.6 Å². The minimum absolute atomic E-state index is 0.0270. The van der Waals surface area contributed by atoms with E-state index in [0.717, 1.165) is 25.9 Å². The third kappa shape index (κ3) is 8.02. The van der Waals surface area contributed by atoms with Gasteiger partial charge in [0.2, 0.25) is 0 Å². The Hall–Kier alpha value is -4.70. The van der Waals surface area contributed by atoms with Gasteiger partial charge in [-0.15, -0.1) is 0 Å². The summed E-state index contributed by atoms with van der Waals surface area (Å²) in [6.45, 7) is 7.00. The molecule has 1 saturated heterocycles. The number of hydrogen-bond donors (Lipinski definition) is 4. The van der Waals surface area contributed by atoms with Crippen molar-refractivity contribution in [2.45, 2.75) is 38.4 Å². The molecule has 4 rings (SSSR count). The molecular weight excluding hydrogens is 575 g/mol. The SMILES string of the molecule is C=C(C)C(=O)Nc1cc(NC2CCN(C)CC2)c2nc(C#CCNc3ccc(C(=O)NC)cc3OC)c(CC(F)(F)F)n2c1. The number of likely N-dealkylation sites (tertiary alicyclic amines) is 1. The van der Waals surface area contributed by atoms with Crippen LogP contribution in [0.4, 0.5) is 30.2 Å². The summed E-state index contributed by atoms with van der Waals surface area (Å²) in [6.07, 6.45) is -2.71. The van der Waals surface area contributed by atoms with Crippen LogP contribution in [0.25, 0.3) is 5.65 Å². The molecule has 0 atom stereocenters. The first-order chi connectivity index (χ1) is 20.9. The fraction of sp³-hybridized carbons (Fsp3) is 0.387. The number of ether oxygens (including phenoxy) is 1. The van der Waals surface area contributed by atoms with Gasteiger partial charge in [0, 0.05) is 30.4 Å². The van der Waals surface area contributed by atoms with Crippen molar-refractivity contribution in [3.05, 3.63) is 59.6 Å². The van der Waals surface area contributed by atoms with Crippen molar-refractivity contribution >= 4 is 34.5 Å². The summed E-state index contributed by atoms with van der Waals surface area (Å²) in [5.41, 5.74) is 2.12. The van der Waals surface area contributed by atoms with Crippen LogP contribution in [-0.2, 0) is 11.2 Å². The lowest BCUT2D eigenvalue weighted by Gasteiger charge is -2.30. The average Bonchev–Trinajstić information content (AvgIpc) is 3.31. The summed E-state index contributed by atoms with van der Waals surface area (Å²) < 4.78 is 48.2. The predicted octanol–water partition coefficient (Wildman–Crippen LogP) is 4.29. The Morgan fingerprint density at radius 3 is 2.55 bits per heavy atom. The van der Waals surface area contributed by atoms with Gasteiger partial charge in [0.05, 0.1) is 42.8 Å². The molecule has 1 fully saturated rings. The lowest BCUT2D eigenvalue weighted by Crippen LogP contribution is -2.36. The standard InChI is InChI=1S/C31H36F3N7O3/c1-19(2)29(42)38-22-16-25(37-21-10-13-40(4)14-11-21)28-39-23(26(41(28)18-22)17-31(32,33)34)7-6-12-36-24-9-8-20(30(43)35-3)15-27(24)44-5/h8-9,15-16,18,21,36-37H,1,10-14,17H2,2-5H3,(H,35,43)(H,38,42). The van der Waals surface area contributed by atoms with Gasteiger partial charge in [-0.05, 0) is 70.1 Å². The zero-order valence-electron chi connectivity index (χ0n) is 25.1. The molecule has 3 heterocycles. The molecule has 3 aromatic rings. The topological polar surface area (TPSA) is 112 Å². The van der Waals surface area contributed by atoms with Gasteiger partial charge in [0.15, 0.2) is 5.65 Å². The number of carbonyl (C=O) groups excluding carboxylic acids is 2. The van der Waals surface area contributed by atoms with Crippen LogP contribution in [0.2, 0.25) is 0 Å². The van der Waals surface area contributed by atoms with Crippen LogP contribution < -0.4 is 26.0 Å². The van der Waals surface area contributed by atoms with Crippen LogP contribution in [0.15, 0.2) is 42.6 Å². The molecule has 10 nitrogen and oxygen atoms in total. The fourth-order valence-electron chi connectivity index (χ4n) is 4.83. The van der Waals surface area contributed by atoms with E-state index in [9.17, 15) is 22.8 Å². The van der Waals surface area contributed by atoms with Crippen LogP contribution in [0.5, 0.6) is 5.75 Å². The molecule has 2 aromatic heterocycles. The summed E-state index contributed by atoms with van der Waals surface area (Å²) in [4.78, 5) is 31.1. The average molecular weight is 612 g/mol. The van der Waals surface area contributed by atoms with Crippen molar-refractivity contribution in [2.24, 2.45) is 0 Å². The van der Waals surface area contributed by atoms with Crippen molar-refractivity contribution in [2.75, 3.05) is 56.8 Å². The van der Waals surface area contributed by atoms with Crippen molar-refractivity contribution in [1.29, 1.82) is 0 Å². The molecule has 1 aromatic carbocycles. The van der Waals surface area contributed by atoms with Crippen molar-refractivity contribution < 1.29 is 27.5 Å². The fourth-order valence-corrected chi connectivity index (χ4v) is 4.83. The lowest BCUT2D eigenvalue weighted by molar-refractivity contribution is -0.128. The molecule has 13 heteroatoms. The number of anilines is 3. The largest absolute Gasteiger partial charge is 0.495 e. The van der Waals surface area contributed by atoms with Gasteiger partial charge in [-0.1, -0.05) is 12.5 Å². The number of nitrogens with one attached hydrogen (secondary N) is 4. The zero-order valence-corrected chi connectivity index (χ0v) is 25.1. The highest BCUT2D eigenvalue weighted by atomic mass is 19.4. The van der Waals surface area contributed by atoms with Crippen molar-refractivity contribution in [3.63, 3.8) is 0 Å². The number of pyridine rings is 1. The molecular formula is C31H36F3N7O3. The Balaban J connectivity index is 1.70. The number of rotatable bonds is 9. The van der Waals surface area contributed by atoms with Crippen LogP contribution >= 0.6 is 0 Å². The molecule has 0 unspecified atom stereocenters. The van der Waals surface area contributed by atoms with E-state index in [1.165, 1.54) is 24.8 Å². The minimum Gasteiger partial charge on any atom is -0.495 e. The zero-order chi connectivity index (χ0) is 32.0. The minimum atomic E-state index is -4.54. The number of nitrogens with zero attached hydrogens (tertiary/aromatic N) is 3. The van der Waals surface area contributed by atoms with Crippen LogP contribution in [0.3, 0.4) is 0 Å². The lowest BCUT2D eigenvalue weighted by atomic mass is 10.1. The van der Waals surface area contributed by atoms with E-state index in [1.54, 1.807) is 31.2 Å². The molecule has 0 radical (unpaired) electrons. The highest BCUT2D eigenvalue weighted by Gasteiger charge is 2.32. The molecule has 1 aliphatic heterocycles. The van der Waals surface area contributed by atoms with E-state index in [2.05, 4.69) is 49.6 Å². The van der Waals surface area contributed by atoms with Gasteiger partial charge in [0.25, 0.3) is 11.8 Å². The maximum Gasteiger partial charge on any atom is 0.394 e. The van der Waals surface area contributed by atoms with Crippen molar-refractivity contribution in [3.8, 4) is 17.6 Å². The predicted molar refractivity (Wildman–Crippen MR) is 164 cm³/mol. The first kappa shape index (κ1) is 32.2. The molecule has 0 spiro atoms. The molecule has 1 aliphatic rings. The Labute approximate surface area is 254 Å². The number of halogens is 3. The Morgan fingerprint density at radius 2 is 1.91 bits per heavy atom. The number of methoxy groups -OCH3 is 1. The summed E-state index contributed by atoms with van der Waals surface area (Å²) >= 11 is 0. The van der Waals surface area contributed by atoms with Gasteiger partial charge in [-0.25, -0.2) is 4.98 Å². The second-order valence-corrected chi connectivity index (χ2v) is 10.6. The van der Waals surface area contributed by atoms with E-state index in [0.29, 0.717) is 28.4 Å². The van der Waals surface area contributed by atoms with Gasteiger partial charge in [-0.3, -0.25) is 14.0 Å². The van der Waals surface area contributed by atoms with E-state index in [1.807, 2.05) is 7.05 Å². The van der Waals surface area contributed by atoms with Gasteiger partial charge in [0.1, 0.15) is 11.4 Å². The molecule has 2 amide bonds. The second-order valence-electron chi connectivity index (χ2n) is 10.6. The van der Waals surface area contributed by atoms with E-state index in [-0.39, 0.29) is 41.1 Å². The van der Waals surface area contributed by atoms with Crippen LogP contribution in [0.1, 0.15) is 41.5 Å². The van der Waals surface area contributed by atoms with Gasteiger partial charge < -0.3 is 30.9 Å². The number of imidazole rings is 1. The number of alkyl halides is 3. The second kappa shape index (κ2) is 13.7. The number of carbonyl (C=O) groups is 2. The van der Waals surface area contributed by atoms with E-state index >= 15 is 0 Å². The third-order valence-corrected chi connectivity index (χ3v) is 7.18. The Bertz CT molecular complexity index is 1610. The highest BCUT2D eigenvalue weighted by molar-refractivity contribution is 6.03. The Morgan fingerprint density at radius 1 is 1.18 bits per heavy atom. The highest BCUT2D eigenvalue weighted by Crippen LogP contribution is 2.31. The summed E-state index contributed by atoms with van der Waals surface area (Å²) in [7, 11) is 5.02. The number of aromatic nitrogens is 2. The summed E-state index contributed by atoms with van der Waals surface area (Å²) in [6, 6.07) is 6.60. The Kier molecular flexibility index (Phi) is 10.1. The number of amides is 2. The molecule has 44 heavy (non-hydrogen) atoms. The molecule has 0 bridgehead atoms. The molecule has 234 valence electrons. The first-order valence-corrected chi connectivity index (χ1v) is 14.0. The van der Waals surface area contributed by atoms with Crippen LogP contribution in [0, 0.1) is 11.8 Å². The maximum absolute atomic E-state index is 13.8. The maximum atomic E-state index is 13.8. The number of fused-ring (bicyclic) bond motifs is 1. The molecule has 0 saturated carbocycles. The third-order valence-electron chi connectivity index (χ3n) is 7.18. The monoisotopic (exact) mass is 611 g/mol. The molecule has 0 aliphatic carbocycles. The smallest absolute Gasteiger partial charge is 0.394 e. The summed E-state index contributed by atoms with van der Waals surface area (Å²) in [5, 5.41) is 11.8. The normalized spacial score (nSPS) is 14.0. The summed E-state index contributed by atoms with van der Waals surface area (Å²) in [5.74, 6) is 5.35.